The fraction of sp³-hybridized carbons (Fsp3) is 0.333. The Balaban J connectivity index is 3.10. The monoisotopic (exact) mass is 179 g/mol. The molecule has 13 heavy (non-hydrogen) atoms. The summed E-state index contributed by atoms with van der Waals surface area (Å²) in [5, 5.41) is 0. The van der Waals surface area contributed by atoms with Gasteiger partial charge in [0.1, 0.15) is 0 Å². The number of aromatic nitrogens is 1. The number of hydrogen-bond acceptors (Lipinski definition) is 3. The quantitative estimate of drug-likeness (QED) is 0.717. The van der Waals surface area contributed by atoms with Crippen molar-refractivity contribution >= 4 is 11.6 Å². The Hall–Kier alpha value is -1.58. The van der Waals surface area contributed by atoms with E-state index in [4.69, 9.17) is 11.5 Å². The molecule has 0 aromatic carbocycles. The summed E-state index contributed by atoms with van der Waals surface area (Å²) in [4.78, 5) is 15.0. The number of aryl methyl sites for hydroxylation is 1. The molecule has 0 saturated heterocycles. The van der Waals surface area contributed by atoms with Gasteiger partial charge in [-0.25, -0.2) is 0 Å². The highest BCUT2D eigenvalue weighted by molar-refractivity contribution is 5.98. The van der Waals surface area contributed by atoms with Crippen LogP contribution in [-0.4, -0.2) is 10.9 Å². The third-order valence-electron chi connectivity index (χ3n) is 1.82. The molecule has 0 fully saturated rings. The molecule has 4 heteroatoms. The van der Waals surface area contributed by atoms with Crippen LogP contribution in [-0.2, 0) is 6.42 Å². The summed E-state index contributed by atoms with van der Waals surface area (Å²) in [7, 11) is 0. The number of hydrogen-bond donors (Lipinski definition) is 2. The third-order valence-corrected chi connectivity index (χ3v) is 1.82. The van der Waals surface area contributed by atoms with Crippen molar-refractivity contribution in [3.8, 4) is 0 Å². The number of pyridine rings is 1. The molecule has 1 aromatic rings. The first kappa shape index (κ1) is 9.51. The molecule has 0 bridgehead atoms. The first-order valence-electron chi connectivity index (χ1n) is 4.20. The average Bonchev–Trinajstić information content (AvgIpc) is 2.08. The van der Waals surface area contributed by atoms with E-state index in [9.17, 15) is 4.79 Å². The van der Waals surface area contributed by atoms with E-state index in [0.717, 1.165) is 18.5 Å². The van der Waals surface area contributed by atoms with Crippen LogP contribution in [0.3, 0.4) is 0 Å². The maximum atomic E-state index is 10.9. The lowest BCUT2D eigenvalue weighted by Gasteiger charge is -2.05. The number of carbonyl (C=O) groups excluding carboxylic acids is 1. The summed E-state index contributed by atoms with van der Waals surface area (Å²) in [6, 6.07) is 1.54. The fourth-order valence-corrected chi connectivity index (χ4v) is 1.17. The van der Waals surface area contributed by atoms with Crippen molar-refractivity contribution in [3.05, 3.63) is 23.5 Å². The molecule has 0 aliphatic rings. The SMILES string of the molecule is CCCc1nccc(C(N)=O)c1N. The van der Waals surface area contributed by atoms with Gasteiger partial charge in [0.15, 0.2) is 0 Å². The minimum atomic E-state index is -0.503. The van der Waals surface area contributed by atoms with Crippen molar-refractivity contribution in [1.82, 2.24) is 4.98 Å². The second kappa shape index (κ2) is 3.89. The normalized spacial score (nSPS) is 9.92. The maximum Gasteiger partial charge on any atom is 0.250 e. The smallest absolute Gasteiger partial charge is 0.250 e. The number of rotatable bonds is 3. The van der Waals surface area contributed by atoms with Gasteiger partial charge in [0, 0.05) is 6.20 Å². The van der Waals surface area contributed by atoms with Crippen LogP contribution in [0.4, 0.5) is 5.69 Å². The van der Waals surface area contributed by atoms with Crippen LogP contribution in [0.2, 0.25) is 0 Å². The summed E-state index contributed by atoms with van der Waals surface area (Å²) in [6.07, 6.45) is 3.27. The molecule has 0 aliphatic heterocycles. The molecule has 0 spiro atoms. The highest BCUT2D eigenvalue weighted by Crippen LogP contribution is 2.15. The molecule has 70 valence electrons. The molecular formula is C9H13N3O. The fourth-order valence-electron chi connectivity index (χ4n) is 1.17. The number of anilines is 1. The largest absolute Gasteiger partial charge is 0.397 e. The molecule has 1 rings (SSSR count). The molecule has 1 amide bonds. The number of nitrogen functional groups attached to an aromatic ring is 1. The Morgan fingerprint density at radius 1 is 1.62 bits per heavy atom. The van der Waals surface area contributed by atoms with Crippen LogP contribution in [0.15, 0.2) is 12.3 Å². The maximum absolute atomic E-state index is 10.9. The molecular weight excluding hydrogens is 166 g/mol. The van der Waals surface area contributed by atoms with E-state index in [1.165, 1.54) is 6.07 Å². The Labute approximate surface area is 77.0 Å². The van der Waals surface area contributed by atoms with E-state index in [2.05, 4.69) is 4.98 Å². The summed E-state index contributed by atoms with van der Waals surface area (Å²) in [6.45, 7) is 2.03. The summed E-state index contributed by atoms with van der Waals surface area (Å²) in [5.74, 6) is -0.503. The Bertz CT molecular complexity index is 323. The highest BCUT2D eigenvalue weighted by atomic mass is 16.1. The molecule has 4 N–H and O–H groups in total. The molecule has 0 atom stereocenters. The number of nitrogens with zero attached hydrogens (tertiary/aromatic N) is 1. The van der Waals surface area contributed by atoms with Gasteiger partial charge >= 0.3 is 0 Å². The Morgan fingerprint density at radius 3 is 2.85 bits per heavy atom. The van der Waals surface area contributed by atoms with Gasteiger partial charge in [-0.2, -0.15) is 0 Å². The molecule has 0 saturated carbocycles. The molecule has 0 unspecified atom stereocenters. The molecule has 1 heterocycles. The minimum Gasteiger partial charge on any atom is -0.397 e. The van der Waals surface area contributed by atoms with E-state index in [1.807, 2.05) is 6.92 Å². The van der Waals surface area contributed by atoms with E-state index < -0.39 is 5.91 Å². The number of carbonyl (C=O) groups is 1. The van der Waals surface area contributed by atoms with Crippen molar-refractivity contribution in [2.24, 2.45) is 5.73 Å². The second-order valence-electron chi connectivity index (χ2n) is 2.83. The minimum absolute atomic E-state index is 0.360. The molecule has 0 aliphatic carbocycles. The number of primary amides is 1. The summed E-state index contributed by atoms with van der Waals surface area (Å²) >= 11 is 0. The van der Waals surface area contributed by atoms with Gasteiger partial charge in [0.25, 0.3) is 5.91 Å². The van der Waals surface area contributed by atoms with Crippen LogP contribution in [0.5, 0.6) is 0 Å². The lowest BCUT2D eigenvalue weighted by Crippen LogP contribution is -2.15. The molecule has 1 aromatic heterocycles. The van der Waals surface area contributed by atoms with Gasteiger partial charge in [-0.1, -0.05) is 13.3 Å². The number of amides is 1. The lowest BCUT2D eigenvalue weighted by atomic mass is 10.1. The van der Waals surface area contributed by atoms with Crippen LogP contribution in [0.25, 0.3) is 0 Å². The zero-order valence-electron chi connectivity index (χ0n) is 7.58. The highest BCUT2D eigenvalue weighted by Gasteiger charge is 2.09. The van der Waals surface area contributed by atoms with Crippen molar-refractivity contribution < 1.29 is 4.79 Å². The van der Waals surface area contributed by atoms with Crippen molar-refractivity contribution in [2.45, 2.75) is 19.8 Å². The third kappa shape index (κ3) is 1.96. The zero-order valence-corrected chi connectivity index (χ0v) is 7.58. The predicted octanol–water partition coefficient (Wildman–Crippen LogP) is 0.715. The summed E-state index contributed by atoms with van der Waals surface area (Å²) < 4.78 is 0. The average molecular weight is 179 g/mol. The van der Waals surface area contributed by atoms with Crippen molar-refractivity contribution in [3.63, 3.8) is 0 Å². The van der Waals surface area contributed by atoms with E-state index in [0.29, 0.717) is 11.3 Å². The zero-order chi connectivity index (χ0) is 9.84. The van der Waals surface area contributed by atoms with Crippen molar-refractivity contribution in [1.29, 1.82) is 0 Å². The summed E-state index contributed by atoms with van der Waals surface area (Å²) in [5.41, 5.74) is 12.4. The second-order valence-corrected chi connectivity index (χ2v) is 2.83. The van der Waals surface area contributed by atoms with Crippen LogP contribution >= 0.6 is 0 Å². The standard InChI is InChI=1S/C9H13N3O/c1-2-3-7-8(10)6(9(11)13)4-5-12-7/h4-5H,2-3,10H2,1H3,(H2,11,13). The van der Waals surface area contributed by atoms with E-state index in [-0.39, 0.29) is 0 Å². The predicted molar refractivity (Wildman–Crippen MR) is 51.2 cm³/mol. The van der Waals surface area contributed by atoms with Crippen LogP contribution in [0.1, 0.15) is 29.4 Å². The van der Waals surface area contributed by atoms with E-state index in [1.54, 1.807) is 6.20 Å². The Morgan fingerprint density at radius 2 is 2.31 bits per heavy atom. The number of nitrogens with two attached hydrogens (primary N) is 2. The van der Waals surface area contributed by atoms with Gasteiger partial charge in [-0.3, -0.25) is 9.78 Å². The Kier molecular flexibility index (Phi) is 2.84. The topological polar surface area (TPSA) is 82.0 Å². The van der Waals surface area contributed by atoms with Crippen LogP contribution in [0, 0.1) is 0 Å². The van der Waals surface area contributed by atoms with Gasteiger partial charge in [-0.05, 0) is 12.5 Å². The van der Waals surface area contributed by atoms with Gasteiger partial charge in [-0.15, -0.1) is 0 Å². The first-order valence-corrected chi connectivity index (χ1v) is 4.20. The van der Waals surface area contributed by atoms with Crippen LogP contribution < -0.4 is 11.5 Å². The van der Waals surface area contributed by atoms with Gasteiger partial charge in [0.05, 0.1) is 16.9 Å². The first-order chi connectivity index (χ1) is 6.16. The van der Waals surface area contributed by atoms with E-state index >= 15 is 0 Å². The van der Waals surface area contributed by atoms with Crippen molar-refractivity contribution in [2.75, 3.05) is 5.73 Å². The molecule has 4 nitrogen and oxygen atoms in total. The lowest BCUT2D eigenvalue weighted by molar-refractivity contribution is 0.100. The van der Waals surface area contributed by atoms with Gasteiger partial charge < -0.3 is 11.5 Å². The molecule has 0 radical (unpaired) electrons. The van der Waals surface area contributed by atoms with Gasteiger partial charge in [0.2, 0.25) is 0 Å².